The zero-order chi connectivity index (χ0) is 15.1. The van der Waals surface area contributed by atoms with E-state index < -0.39 is 0 Å². The number of rotatable bonds is 5. The van der Waals surface area contributed by atoms with Crippen LogP contribution in [0.2, 0.25) is 0 Å². The molecule has 1 atom stereocenters. The van der Waals surface area contributed by atoms with E-state index in [1.54, 1.807) is 0 Å². The van der Waals surface area contributed by atoms with Gasteiger partial charge in [-0.15, -0.1) is 5.92 Å². The summed E-state index contributed by atoms with van der Waals surface area (Å²) in [4.78, 5) is 12.0. The minimum absolute atomic E-state index is 0.133. The van der Waals surface area contributed by atoms with E-state index in [-0.39, 0.29) is 18.1 Å². The molecule has 3 nitrogen and oxygen atoms in total. The van der Waals surface area contributed by atoms with Gasteiger partial charge >= 0.3 is 5.97 Å². The molecular weight excluding hydrogens is 262 g/mol. The number of hydrogen-bond acceptors (Lipinski definition) is 3. The van der Waals surface area contributed by atoms with Gasteiger partial charge in [-0.2, -0.15) is 0 Å². The lowest BCUT2D eigenvalue weighted by Crippen LogP contribution is -2.36. The summed E-state index contributed by atoms with van der Waals surface area (Å²) in [5.74, 6) is 5.75. The van der Waals surface area contributed by atoms with Gasteiger partial charge in [0.25, 0.3) is 0 Å². The maximum Gasteiger partial charge on any atom is 0.323 e. The van der Waals surface area contributed by atoms with Gasteiger partial charge in [-0.1, -0.05) is 18.1 Å². The number of carbonyl (C=O) groups is 1. The molecule has 21 heavy (non-hydrogen) atoms. The van der Waals surface area contributed by atoms with Crippen molar-refractivity contribution >= 4 is 5.97 Å². The highest BCUT2D eigenvalue weighted by Crippen LogP contribution is 2.21. The fourth-order valence-corrected chi connectivity index (χ4v) is 2.48. The quantitative estimate of drug-likeness (QED) is 0.667. The molecule has 1 aliphatic rings. The minimum atomic E-state index is -0.277. The molecular formula is C18H23NO2. The first-order valence-electron chi connectivity index (χ1n) is 7.64. The first-order chi connectivity index (χ1) is 10.2. The first kappa shape index (κ1) is 15.6. The van der Waals surface area contributed by atoms with Crippen molar-refractivity contribution in [1.82, 2.24) is 5.32 Å². The Kier molecular flexibility index (Phi) is 5.83. The van der Waals surface area contributed by atoms with E-state index in [1.807, 2.05) is 38.1 Å². The SMILES string of the molecule is CC#Cc1ccc(CNC(C)C(=O)OC2CCCC2)cc1. The summed E-state index contributed by atoms with van der Waals surface area (Å²) in [6.45, 7) is 4.34. The second-order valence-corrected chi connectivity index (χ2v) is 5.52. The molecule has 0 heterocycles. The summed E-state index contributed by atoms with van der Waals surface area (Å²) in [5, 5.41) is 3.21. The van der Waals surface area contributed by atoms with Gasteiger partial charge in [0.05, 0.1) is 0 Å². The van der Waals surface area contributed by atoms with Crippen LogP contribution in [0.1, 0.15) is 50.7 Å². The maximum absolute atomic E-state index is 12.0. The Hall–Kier alpha value is -1.79. The fourth-order valence-electron chi connectivity index (χ4n) is 2.48. The molecule has 1 saturated carbocycles. The zero-order valence-corrected chi connectivity index (χ0v) is 12.8. The second kappa shape index (κ2) is 7.85. The number of nitrogens with one attached hydrogen (secondary N) is 1. The van der Waals surface area contributed by atoms with Gasteiger partial charge in [-0.3, -0.25) is 4.79 Å². The first-order valence-corrected chi connectivity index (χ1v) is 7.64. The molecule has 0 aliphatic heterocycles. The molecule has 3 heteroatoms. The predicted octanol–water partition coefficient (Wildman–Crippen LogP) is 3.02. The Balaban J connectivity index is 1.77. The van der Waals surface area contributed by atoms with Gasteiger partial charge in [-0.25, -0.2) is 0 Å². The van der Waals surface area contributed by atoms with E-state index in [1.165, 1.54) is 12.8 Å². The van der Waals surface area contributed by atoms with E-state index in [9.17, 15) is 4.79 Å². The lowest BCUT2D eigenvalue weighted by atomic mass is 10.1. The maximum atomic E-state index is 12.0. The van der Waals surface area contributed by atoms with Gasteiger partial charge in [0.1, 0.15) is 12.1 Å². The zero-order valence-electron chi connectivity index (χ0n) is 12.8. The highest BCUT2D eigenvalue weighted by molar-refractivity contribution is 5.75. The smallest absolute Gasteiger partial charge is 0.323 e. The van der Waals surface area contributed by atoms with Crippen LogP contribution in [0.4, 0.5) is 0 Å². The third kappa shape index (κ3) is 4.91. The summed E-state index contributed by atoms with van der Waals surface area (Å²) in [6, 6.07) is 7.77. The van der Waals surface area contributed by atoms with Crippen molar-refractivity contribution < 1.29 is 9.53 Å². The molecule has 0 saturated heterocycles. The second-order valence-electron chi connectivity index (χ2n) is 5.52. The van der Waals surface area contributed by atoms with Crippen LogP contribution in [0.25, 0.3) is 0 Å². The molecule has 0 radical (unpaired) electrons. The van der Waals surface area contributed by atoms with Crippen molar-refractivity contribution in [2.24, 2.45) is 0 Å². The summed E-state index contributed by atoms with van der Waals surface area (Å²) < 4.78 is 5.49. The molecule has 1 aromatic carbocycles. The van der Waals surface area contributed by atoms with E-state index in [4.69, 9.17) is 4.74 Å². The third-order valence-corrected chi connectivity index (χ3v) is 3.77. The van der Waals surface area contributed by atoms with Gasteiger partial charge in [-0.05, 0) is 57.2 Å². The van der Waals surface area contributed by atoms with Crippen molar-refractivity contribution in [3.8, 4) is 11.8 Å². The van der Waals surface area contributed by atoms with Gasteiger partial charge < -0.3 is 10.1 Å². The number of ether oxygens (including phenoxy) is 1. The van der Waals surface area contributed by atoms with Crippen molar-refractivity contribution in [2.75, 3.05) is 0 Å². The molecule has 1 aliphatic carbocycles. The summed E-state index contributed by atoms with van der Waals surface area (Å²) in [7, 11) is 0. The molecule has 1 aromatic rings. The molecule has 0 spiro atoms. The topological polar surface area (TPSA) is 38.3 Å². The highest BCUT2D eigenvalue weighted by Gasteiger charge is 2.22. The lowest BCUT2D eigenvalue weighted by molar-refractivity contribution is -0.150. The summed E-state index contributed by atoms with van der Waals surface area (Å²) in [6.07, 6.45) is 4.50. The Labute approximate surface area is 127 Å². The Morgan fingerprint density at radius 1 is 1.33 bits per heavy atom. The normalized spacial score (nSPS) is 16.1. The van der Waals surface area contributed by atoms with Crippen LogP contribution in [0.3, 0.4) is 0 Å². The van der Waals surface area contributed by atoms with Gasteiger partial charge in [0.15, 0.2) is 0 Å². The number of benzene rings is 1. The van der Waals surface area contributed by atoms with E-state index in [2.05, 4.69) is 17.2 Å². The number of carbonyl (C=O) groups excluding carboxylic acids is 1. The van der Waals surface area contributed by atoms with Crippen LogP contribution in [0.5, 0.6) is 0 Å². The fraction of sp³-hybridized carbons (Fsp3) is 0.500. The Morgan fingerprint density at radius 3 is 2.62 bits per heavy atom. The molecule has 0 amide bonds. The van der Waals surface area contributed by atoms with E-state index in [0.29, 0.717) is 6.54 Å². The minimum Gasteiger partial charge on any atom is -0.461 e. The molecule has 0 aromatic heterocycles. The molecule has 112 valence electrons. The molecule has 0 bridgehead atoms. The average Bonchev–Trinajstić information content (AvgIpc) is 2.99. The Morgan fingerprint density at radius 2 is 2.00 bits per heavy atom. The van der Waals surface area contributed by atoms with Crippen molar-refractivity contribution in [3.63, 3.8) is 0 Å². The van der Waals surface area contributed by atoms with Crippen LogP contribution >= 0.6 is 0 Å². The summed E-state index contributed by atoms with van der Waals surface area (Å²) in [5.41, 5.74) is 2.15. The van der Waals surface area contributed by atoms with Crippen molar-refractivity contribution in [2.45, 2.75) is 58.2 Å². The van der Waals surface area contributed by atoms with Crippen LogP contribution in [0.15, 0.2) is 24.3 Å². The monoisotopic (exact) mass is 285 g/mol. The summed E-state index contributed by atoms with van der Waals surface area (Å²) >= 11 is 0. The third-order valence-electron chi connectivity index (χ3n) is 3.77. The van der Waals surface area contributed by atoms with Crippen LogP contribution in [0, 0.1) is 11.8 Å². The van der Waals surface area contributed by atoms with E-state index in [0.717, 1.165) is 24.0 Å². The standard InChI is InChI=1S/C18H23NO2/c1-3-6-15-9-11-16(12-10-15)13-19-14(2)18(20)21-17-7-4-5-8-17/h9-12,14,17,19H,4-5,7-8,13H2,1-2H3. The van der Waals surface area contributed by atoms with E-state index >= 15 is 0 Å². The number of hydrogen-bond donors (Lipinski definition) is 1. The predicted molar refractivity (Wildman–Crippen MR) is 83.6 cm³/mol. The highest BCUT2D eigenvalue weighted by atomic mass is 16.5. The van der Waals surface area contributed by atoms with Gasteiger partial charge in [0.2, 0.25) is 0 Å². The van der Waals surface area contributed by atoms with Crippen molar-refractivity contribution in [1.29, 1.82) is 0 Å². The lowest BCUT2D eigenvalue weighted by Gasteiger charge is -2.17. The molecule has 1 fully saturated rings. The largest absolute Gasteiger partial charge is 0.461 e. The number of esters is 1. The average molecular weight is 285 g/mol. The Bertz CT molecular complexity index is 518. The van der Waals surface area contributed by atoms with Crippen molar-refractivity contribution in [3.05, 3.63) is 35.4 Å². The molecule has 2 rings (SSSR count). The van der Waals surface area contributed by atoms with Gasteiger partial charge in [0, 0.05) is 12.1 Å². The van der Waals surface area contributed by atoms with Crippen LogP contribution in [-0.2, 0) is 16.1 Å². The van der Waals surface area contributed by atoms with Crippen LogP contribution in [-0.4, -0.2) is 18.1 Å². The molecule has 1 N–H and O–H groups in total. The van der Waals surface area contributed by atoms with Crippen LogP contribution < -0.4 is 5.32 Å². The molecule has 1 unspecified atom stereocenters.